The predicted molar refractivity (Wildman–Crippen MR) is 134 cm³/mol. The van der Waals surface area contributed by atoms with Crippen molar-refractivity contribution in [2.45, 2.75) is 49.8 Å². The summed E-state index contributed by atoms with van der Waals surface area (Å²) in [6.07, 6.45) is 4.62. The molecule has 0 radical (unpaired) electrons. The lowest BCUT2D eigenvalue weighted by Gasteiger charge is -2.21. The number of hydrogen-bond donors (Lipinski definition) is 4. The standard InChI is InChI=1S/C26H29N3O3S/c1-15(2)11-22(33-23-14-28-20-10-6-7-16(3)24(20)23)25(30)29-21(26(31)32)12-17-13-27-19-9-5-4-8-18(17)19/h4-10,13-15,21-22,27-28H,11-12H2,1-3H3,(H,29,30)(H,31,32)/t21-,22+/m0/s1. The maximum Gasteiger partial charge on any atom is 0.326 e. The minimum atomic E-state index is -1.04. The summed E-state index contributed by atoms with van der Waals surface area (Å²) < 4.78 is 0. The zero-order chi connectivity index (χ0) is 23.5. The van der Waals surface area contributed by atoms with Crippen LogP contribution in [-0.2, 0) is 16.0 Å². The summed E-state index contributed by atoms with van der Waals surface area (Å²) >= 11 is 1.50. The number of para-hydroxylation sites is 1. The fourth-order valence-electron chi connectivity index (χ4n) is 4.20. The van der Waals surface area contributed by atoms with Gasteiger partial charge in [0.05, 0.1) is 5.25 Å². The number of carboxylic acids is 1. The third-order valence-corrected chi connectivity index (χ3v) is 7.11. The van der Waals surface area contributed by atoms with Crippen LogP contribution in [0.4, 0.5) is 0 Å². The van der Waals surface area contributed by atoms with E-state index in [1.807, 2.05) is 48.8 Å². The largest absolute Gasteiger partial charge is 0.480 e. The van der Waals surface area contributed by atoms with Crippen molar-refractivity contribution in [2.24, 2.45) is 5.92 Å². The molecular weight excluding hydrogens is 434 g/mol. The molecule has 2 atom stereocenters. The van der Waals surface area contributed by atoms with Crippen LogP contribution >= 0.6 is 11.8 Å². The summed E-state index contributed by atoms with van der Waals surface area (Å²) in [5, 5.41) is 14.4. The molecule has 1 amide bonds. The van der Waals surface area contributed by atoms with Crippen LogP contribution in [0.3, 0.4) is 0 Å². The number of aryl methyl sites for hydroxylation is 1. The van der Waals surface area contributed by atoms with Gasteiger partial charge in [0.1, 0.15) is 6.04 Å². The fraction of sp³-hybridized carbons (Fsp3) is 0.308. The number of carbonyl (C=O) groups excluding carboxylic acids is 1. The van der Waals surface area contributed by atoms with Crippen molar-refractivity contribution >= 4 is 45.4 Å². The highest BCUT2D eigenvalue weighted by molar-refractivity contribution is 8.00. The highest BCUT2D eigenvalue weighted by atomic mass is 32.2. The monoisotopic (exact) mass is 463 g/mol. The molecule has 0 aliphatic heterocycles. The molecule has 2 aromatic carbocycles. The first kappa shape index (κ1) is 23.0. The number of H-pyrrole nitrogens is 2. The van der Waals surface area contributed by atoms with Crippen LogP contribution in [0.1, 0.15) is 31.4 Å². The molecule has 4 rings (SSSR count). The van der Waals surface area contributed by atoms with Crippen LogP contribution in [0.15, 0.2) is 59.8 Å². The van der Waals surface area contributed by atoms with Gasteiger partial charge in [0, 0.05) is 45.5 Å². The predicted octanol–water partition coefficient (Wildman–Crippen LogP) is 5.28. The number of hydrogen-bond acceptors (Lipinski definition) is 3. The molecule has 6 nitrogen and oxygen atoms in total. The van der Waals surface area contributed by atoms with Crippen LogP contribution in [-0.4, -0.2) is 38.2 Å². The Labute approximate surface area is 197 Å². The number of aromatic amines is 2. The summed E-state index contributed by atoms with van der Waals surface area (Å²) in [5.74, 6) is -0.995. The Morgan fingerprint density at radius 1 is 1.03 bits per heavy atom. The molecule has 2 heterocycles. The van der Waals surface area contributed by atoms with Crippen LogP contribution in [0, 0.1) is 12.8 Å². The number of fused-ring (bicyclic) bond motifs is 2. The summed E-state index contributed by atoms with van der Waals surface area (Å²) in [7, 11) is 0. The average molecular weight is 464 g/mol. The van der Waals surface area contributed by atoms with Crippen molar-refractivity contribution in [2.75, 3.05) is 0 Å². The maximum atomic E-state index is 13.3. The summed E-state index contributed by atoms with van der Waals surface area (Å²) in [6, 6.07) is 12.8. The van der Waals surface area contributed by atoms with Gasteiger partial charge >= 0.3 is 5.97 Å². The molecule has 0 fully saturated rings. The summed E-state index contributed by atoms with van der Waals surface area (Å²) in [4.78, 5) is 32.8. The minimum absolute atomic E-state index is 0.219. The molecule has 0 spiro atoms. The van der Waals surface area contributed by atoms with Crippen molar-refractivity contribution in [3.63, 3.8) is 0 Å². The van der Waals surface area contributed by atoms with E-state index in [1.54, 1.807) is 0 Å². The van der Waals surface area contributed by atoms with Gasteiger partial charge in [-0.15, -0.1) is 11.8 Å². The Bertz CT molecular complexity index is 1290. The van der Waals surface area contributed by atoms with E-state index in [4.69, 9.17) is 0 Å². The molecule has 0 aliphatic rings. The van der Waals surface area contributed by atoms with Gasteiger partial charge in [-0.2, -0.15) is 0 Å². The second kappa shape index (κ2) is 9.75. The number of rotatable bonds is 9. The first-order chi connectivity index (χ1) is 15.8. The molecule has 33 heavy (non-hydrogen) atoms. The first-order valence-electron chi connectivity index (χ1n) is 11.1. The zero-order valence-electron chi connectivity index (χ0n) is 19.0. The lowest BCUT2D eigenvalue weighted by Crippen LogP contribution is -2.46. The molecule has 7 heteroatoms. The SMILES string of the molecule is Cc1cccc2[nH]cc(S[C@H](CC(C)C)C(=O)N[C@@H](Cc3c[nH]c4ccccc34)C(=O)O)c12. The highest BCUT2D eigenvalue weighted by Gasteiger charge is 2.28. The smallest absolute Gasteiger partial charge is 0.326 e. The van der Waals surface area contributed by atoms with Gasteiger partial charge in [-0.05, 0) is 42.5 Å². The Morgan fingerprint density at radius 3 is 2.52 bits per heavy atom. The number of nitrogens with one attached hydrogen (secondary N) is 3. The fourth-order valence-corrected chi connectivity index (χ4v) is 5.68. The van der Waals surface area contributed by atoms with Gasteiger partial charge in [-0.1, -0.05) is 44.2 Å². The third-order valence-electron chi connectivity index (χ3n) is 5.84. The van der Waals surface area contributed by atoms with Crippen LogP contribution in [0.5, 0.6) is 0 Å². The number of aromatic nitrogens is 2. The molecule has 0 saturated heterocycles. The molecule has 0 saturated carbocycles. The summed E-state index contributed by atoms with van der Waals surface area (Å²) in [5.41, 5.74) is 4.00. The normalized spacial score (nSPS) is 13.5. The van der Waals surface area contributed by atoms with Crippen molar-refractivity contribution in [1.29, 1.82) is 0 Å². The Balaban J connectivity index is 1.55. The number of benzene rings is 2. The van der Waals surface area contributed by atoms with E-state index in [0.717, 1.165) is 37.8 Å². The minimum Gasteiger partial charge on any atom is -0.480 e. The number of carbonyl (C=O) groups is 2. The molecule has 172 valence electrons. The quantitative estimate of drug-likeness (QED) is 0.254. The molecule has 0 bridgehead atoms. The first-order valence-corrected chi connectivity index (χ1v) is 12.0. The van der Waals surface area contributed by atoms with E-state index in [-0.39, 0.29) is 18.2 Å². The highest BCUT2D eigenvalue weighted by Crippen LogP contribution is 2.35. The van der Waals surface area contributed by atoms with Gasteiger partial charge in [-0.25, -0.2) is 4.79 Å². The van der Waals surface area contributed by atoms with E-state index >= 15 is 0 Å². The molecule has 4 aromatic rings. The molecule has 0 aliphatic carbocycles. The van der Waals surface area contributed by atoms with Gasteiger partial charge in [0.15, 0.2) is 0 Å². The van der Waals surface area contributed by atoms with Gasteiger partial charge in [-0.3, -0.25) is 4.79 Å². The Hall–Kier alpha value is -3.19. The van der Waals surface area contributed by atoms with Crippen molar-refractivity contribution in [3.05, 3.63) is 66.0 Å². The number of thioether (sulfide) groups is 1. The molecular formula is C26H29N3O3S. The Kier molecular flexibility index (Phi) is 6.79. The second-order valence-electron chi connectivity index (χ2n) is 8.85. The molecule has 4 N–H and O–H groups in total. The van der Waals surface area contributed by atoms with E-state index in [2.05, 4.69) is 42.1 Å². The number of aliphatic carboxylic acids is 1. The van der Waals surface area contributed by atoms with Crippen molar-refractivity contribution in [3.8, 4) is 0 Å². The lowest BCUT2D eigenvalue weighted by atomic mass is 10.0. The van der Waals surface area contributed by atoms with Gasteiger partial charge < -0.3 is 20.4 Å². The number of amides is 1. The van der Waals surface area contributed by atoms with E-state index in [0.29, 0.717) is 6.42 Å². The van der Waals surface area contributed by atoms with Gasteiger partial charge in [0.25, 0.3) is 0 Å². The van der Waals surface area contributed by atoms with Crippen molar-refractivity contribution < 1.29 is 14.7 Å². The lowest BCUT2D eigenvalue weighted by molar-refractivity contribution is -0.141. The molecule has 2 aromatic heterocycles. The zero-order valence-corrected chi connectivity index (χ0v) is 19.8. The third kappa shape index (κ3) is 5.09. The Morgan fingerprint density at radius 2 is 1.76 bits per heavy atom. The van der Waals surface area contributed by atoms with Gasteiger partial charge in [0.2, 0.25) is 5.91 Å². The van der Waals surface area contributed by atoms with Crippen LogP contribution in [0.2, 0.25) is 0 Å². The van der Waals surface area contributed by atoms with E-state index in [1.165, 1.54) is 11.8 Å². The molecule has 0 unspecified atom stereocenters. The van der Waals surface area contributed by atoms with Crippen LogP contribution in [0.25, 0.3) is 21.8 Å². The van der Waals surface area contributed by atoms with Crippen LogP contribution < -0.4 is 5.32 Å². The van der Waals surface area contributed by atoms with E-state index < -0.39 is 17.3 Å². The average Bonchev–Trinajstić information content (AvgIpc) is 3.37. The van der Waals surface area contributed by atoms with Crippen molar-refractivity contribution in [1.82, 2.24) is 15.3 Å². The topological polar surface area (TPSA) is 98.0 Å². The van der Waals surface area contributed by atoms with E-state index in [9.17, 15) is 14.7 Å². The summed E-state index contributed by atoms with van der Waals surface area (Å²) in [6.45, 7) is 6.20. The number of carboxylic acid groups (broad SMARTS) is 1. The second-order valence-corrected chi connectivity index (χ2v) is 10.1. The maximum absolute atomic E-state index is 13.3.